The van der Waals surface area contributed by atoms with Crippen molar-refractivity contribution in [2.24, 2.45) is 5.73 Å². The number of nitrogens with two attached hydrogens (primary N) is 1. The standard InChI is InChI=1S/C11H20N2OS/c1-9-4-6-15-11(9)8-13(2)7-10(14)3-5-12/h4,6,10,14H,3,5,7-8,12H2,1-2H3. The molecule has 15 heavy (non-hydrogen) atoms. The third kappa shape index (κ3) is 4.30. The number of nitrogens with zero attached hydrogens (tertiary/aromatic N) is 1. The topological polar surface area (TPSA) is 49.5 Å². The molecular weight excluding hydrogens is 208 g/mol. The van der Waals surface area contributed by atoms with Crippen LogP contribution in [0, 0.1) is 6.92 Å². The molecule has 1 aromatic heterocycles. The molecule has 1 atom stereocenters. The molecule has 4 heteroatoms. The van der Waals surface area contributed by atoms with Crippen molar-refractivity contribution < 1.29 is 5.11 Å². The van der Waals surface area contributed by atoms with Gasteiger partial charge in [0.25, 0.3) is 0 Å². The minimum absolute atomic E-state index is 0.305. The van der Waals surface area contributed by atoms with Gasteiger partial charge in [-0.1, -0.05) is 0 Å². The number of aliphatic hydroxyl groups excluding tert-OH is 1. The van der Waals surface area contributed by atoms with Crippen molar-refractivity contribution >= 4 is 11.3 Å². The number of hydrogen-bond donors (Lipinski definition) is 2. The number of rotatable bonds is 6. The fourth-order valence-electron chi connectivity index (χ4n) is 1.52. The first-order chi connectivity index (χ1) is 7.13. The van der Waals surface area contributed by atoms with E-state index in [2.05, 4.69) is 23.3 Å². The molecule has 1 aromatic rings. The zero-order valence-corrected chi connectivity index (χ0v) is 10.3. The number of likely N-dealkylation sites (N-methyl/N-ethyl adjacent to an activating group) is 1. The van der Waals surface area contributed by atoms with Crippen LogP contribution in [0.15, 0.2) is 11.4 Å². The van der Waals surface area contributed by atoms with E-state index in [1.54, 1.807) is 11.3 Å². The summed E-state index contributed by atoms with van der Waals surface area (Å²) in [5, 5.41) is 11.7. The Balaban J connectivity index is 2.36. The zero-order valence-electron chi connectivity index (χ0n) is 9.44. The normalized spacial score (nSPS) is 13.4. The molecule has 0 aliphatic carbocycles. The minimum Gasteiger partial charge on any atom is -0.392 e. The summed E-state index contributed by atoms with van der Waals surface area (Å²) in [6.07, 6.45) is 0.369. The first kappa shape index (κ1) is 12.6. The Bertz CT molecular complexity index is 288. The van der Waals surface area contributed by atoms with Gasteiger partial charge in [-0.25, -0.2) is 0 Å². The van der Waals surface area contributed by atoms with Gasteiger partial charge in [-0.3, -0.25) is 4.90 Å². The summed E-state index contributed by atoms with van der Waals surface area (Å²) in [5.41, 5.74) is 6.72. The van der Waals surface area contributed by atoms with Gasteiger partial charge in [0.05, 0.1) is 6.10 Å². The third-order valence-corrected chi connectivity index (χ3v) is 3.41. The molecule has 0 amide bonds. The molecule has 0 fully saturated rings. The number of hydrogen-bond acceptors (Lipinski definition) is 4. The van der Waals surface area contributed by atoms with Gasteiger partial charge in [0.1, 0.15) is 0 Å². The maximum atomic E-state index is 9.60. The Morgan fingerprint density at radius 1 is 1.60 bits per heavy atom. The average Bonchev–Trinajstić information content (AvgIpc) is 2.52. The minimum atomic E-state index is -0.305. The highest BCUT2D eigenvalue weighted by Crippen LogP contribution is 2.17. The average molecular weight is 228 g/mol. The predicted molar refractivity (Wildman–Crippen MR) is 65.1 cm³/mol. The van der Waals surface area contributed by atoms with E-state index < -0.39 is 0 Å². The van der Waals surface area contributed by atoms with E-state index in [0.29, 0.717) is 19.5 Å². The zero-order chi connectivity index (χ0) is 11.3. The lowest BCUT2D eigenvalue weighted by atomic mass is 10.2. The summed E-state index contributed by atoms with van der Waals surface area (Å²) in [7, 11) is 2.03. The molecular formula is C11H20N2OS. The van der Waals surface area contributed by atoms with Crippen molar-refractivity contribution in [2.45, 2.75) is 26.0 Å². The predicted octanol–water partition coefficient (Wildman–Crippen LogP) is 1.20. The van der Waals surface area contributed by atoms with Gasteiger partial charge in [-0.05, 0) is 43.9 Å². The number of aliphatic hydroxyl groups is 1. The molecule has 0 radical (unpaired) electrons. The number of aryl methyl sites for hydroxylation is 1. The van der Waals surface area contributed by atoms with E-state index in [4.69, 9.17) is 5.73 Å². The van der Waals surface area contributed by atoms with E-state index in [1.165, 1.54) is 10.4 Å². The van der Waals surface area contributed by atoms with Crippen LogP contribution >= 0.6 is 11.3 Å². The van der Waals surface area contributed by atoms with Gasteiger partial charge in [-0.15, -0.1) is 11.3 Å². The lowest BCUT2D eigenvalue weighted by molar-refractivity contribution is 0.117. The lowest BCUT2D eigenvalue weighted by Gasteiger charge is -2.19. The lowest BCUT2D eigenvalue weighted by Crippen LogP contribution is -2.30. The van der Waals surface area contributed by atoms with Crippen LogP contribution in [0.1, 0.15) is 16.9 Å². The van der Waals surface area contributed by atoms with E-state index in [9.17, 15) is 5.11 Å². The molecule has 1 rings (SSSR count). The first-order valence-corrected chi connectivity index (χ1v) is 6.11. The fraction of sp³-hybridized carbons (Fsp3) is 0.636. The highest BCUT2D eigenvalue weighted by atomic mass is 32.1. The van der Waals surface area contributed by atoms with Gasteiger partial charge in [0.2, 0.25) is 0 Å². The second-order valence-corrected chi connectivity index (χ2v) is 4.96. The van der Waals surface area contributed by atoms with Crippen LogP contribution in [0.3, 0.4) is 0 Å². The Hall–Kier alpha value is -0.420. The molecule has 0 spiro atoms. The van der Waals surface area contributed by atoms with Crippen molar-refractivity contribution in [3.63, 3.8) is 0 Å². The van der Waals surface area contributed by atoms with Crippen LogP contribution in [-0.4, -0.2) is 36.2 Å². The van der Waals surface area contributed by atoms with Crippen molar-refractivity contribution in [1.82, 2.24) is 4.90 Å². The van der Waals surface area contributed by atoms with Crippen LogP contribution in [0.2, 0.25) is 0 Å². The van der Waals surface area contributed by atoms with Crippen molar-refractivity contribution in [2.75, 3.05) is 20.1 Å². The fourth-order valence-corrected chi connectivity index (χ4v) is 2.50. The van der Waals surface area contributed by atoms with E-state index in [1.807, 2.05) is 7.05 Å². The molecule has 3 nitrogen and oxygen atoms in total. The van der Waals surface area contributed by atoms with Crippen LogP contribution in [0.5, 0.6) is 0 Å². The molecule has 0 aliphatic heterocycles. The number of thiophene rings is 1. The van der Waals surface area contributed by atoms with E-state index in [0.717, 1.165) is 6.54 Å². The van der Waals surface area contributed by atoms with Crippen LogP contribution in [0.4, 0.5) is 0 Å². The van der Waals surface area contributed by atoms with Crippen LogP contribution in [0.25, 0.3) is 0 Å². The van der Waals surface area contributed by atoms with Gasteiger partial charge < -0.3 is 10.8 Å². The molecule has 0 saturated heterocycles. The smallest absolute Gasteiger partial charge is 0.0679 e. The SMILES string of the molecule is Cc1ccsc1CN(C)CC(O)CCN. The molecule has 0 saturated carbocycles. The van der Waals surface area contributed by atoms with Gasteiger partial charge in [-0.2, -0.15) is 0 Å². The maximum Gasteiger partial charge on any atom is 0.0679 e. The van der Waals surface area contributed by atoms with Crippen molar-refractivity contribution in [3.8, 4) is 0 Å². The molecule has 0 aliphatic rings. The molecule has 1 heterocycles. The van der Waals surface area contributed by atoms with Crippen LogP contribution in [-0.2, 0) is 6.54 Å². The second-order valence-electron chi connectivity index (χ2n) is 3.95. The van der Waals surface area contributed by atoms with Gasteiger partial charge in [0, 0.05) is 18.0 Å². The Labute approximate surface area is 95.5 Å². The maximum absolute atomic E-state index is 9.60. The summed E-state index contributed by atoms with van der Waals surface area (Å²) < 4.78 is 0. The molecule has 3 N–H and O–H groups in total. The van der Waals surface area contributed by atoms with E-state index >= 15 is 0 Å². The molecule has 86 valence electrons. The van der Waals surface area contributed by atoms with Gasteiger partial charge >= 0.3 is 0 Å². The van der Waals surface area contributed by atoms with E-state index in [-0.39, 0.29) is 6.10 Å². The Kier molecular flexibility index (Phi) is 5.25. The molecule has 0 aromatic carbocycles. The third-order valence-electron chi connectivity index (χ3n) is 2.40. The van der Waals surface area contributed by atoms with Gasteiger partial charge in [0.15, 0.2) is 0 Å². The molecule has 0 bridgehead atoms. The second kappa shape index (κ2) is 6.23. The Morgan fingerprint density at radius 2 is 2.33 bits per heavy atom. The summed E-state index contributed by atoms with van der Waals surface area (Å²) in [4.78, 5) is 3.51. The largest absolute Gasteiger partial charge is 0.392 e. The van der Waals surface area contributed by atoms with Crippen LogP contribution < -0.4 is 5.73 Å². The summed E-state index contributed by atoms with van der Waals surface area (Å²) in [5.74, 6) is 0. The highest BCUT2D eigenvalue weighted by Gasteiger charge is 2.09. The Morgan fingerprint density at radius 3 is 2.87 bits per heavy atom. The summed E-state index contributed by atoms with van der Waals surface area (Å²) in [6.45, 7) is 4.27. The summed E-state index contributed by atoms with van der Waals surface area (Å²) >= 11 is 1.77. The van der Waals surface area contributed by atoms with Crippen molar-refractivity contribution in [1.29, 1.82) is 0 Å². The highest BCUT2D eigenvalue weighted by molar-refractivity contribution is 7.10. The molecule has 1 unspecified atom stereocenters. The van der Waals surface area contributed by atoms with Crippen molar-refractivity contribution in [3.05, 3.63) is 21.9 Å². The first-order valence-electron chi connectivity index (χ1n) is 5.23. The quantitative estimate of drug-likeness (QED) is 0.769. The summed E-state index contributed by atoms with van der Waals surface area (Å²) in [6, 6.07) is 2.13. The monoisotopic (exact) mass is 228 g/mol.